The number of hydrogen-bond donors (Lipinski definition) is 0. The van der Waals surface area contributed by atoms with Crippen LogP contribution in [0.1, 0.15) is 88.2 Å². The summed E-state index contributed by atoms with van der Waals surface area (Å²) in [6, 6.07) is 5.82. The maximum absolute atomic E-state index is 15.1. The van der Waals surface area contributed by atoms with Crippen LogP contribution in [0, 0.1) is 35.1 Å². The molecular formula is C30H34F4O3. The molecule has 2 saturated carbocycles. The van der Waals surface area contributed by atoms with Gasteiger partial charge in [-0.05, 0) is 106 Å². The lowest BCUT2D eigenvalue weighted by Gasteiger charge is -2.30. The Bertz CT molecular complexity index is 1130. The van der Waals surface area contributed by atoms with Gasteiger partial charge in [-0.15, -0.1) is 0 Å². The molecule has 2 aliphatic carbocycles. The maximum Gasteiger partial charge on any atom is 0.314 e. The van der Waals surface area contributed by atoms with Gasteiger partial charge in [0.05, 0.1) is 12.5 Å². The SMILES string of the molecule is CC=CC1CCC(c2ccc(C3CCC(C(=O)Oc4ccc(OCC)c(F)c4F)CC3)c(F)c2F)CC1. The minimum atomic E-state index is -1.28. The molecule has 0 saturated heterocycles. The van der Waals surface area contributed by atoms with E-state index in [1.807, 2.05) is 13.0 Å². The minimum absolute atomic E-state index is 0.0309. The monoisotopic (exact) mass is 518 g/mol. The average Bonchev–Trinajstić information content (AvgIpc) is 2.91. The van der Waals surface area contributed by atoms with Gasteiger partial charge in [-0.2, -0.15) is 8.78 Å². The first-order chi connectivity index (χ1) is 17.8. The molecule has 200 valence electrons. The van der Waals surface area contributed by atoms with Crippen LogP contribution in [-0.2, 0) is 4.79 Å². The van der Waals surface area contributed by atoms with Crippen LogP contribution in [0.2, 0.25) is 0 Å². The molecule has 0 amide bonds. The molecule has 0 radical (unpaired) electrons. The molecule has 4 rings (SSSR count). The highest BCUT2D eigenvalue weighted by molar-refractivity contribution is 5.75. The normalized spacial score (nSPS) is 24.3. The highest BCUT2D eigenvalue weighted by Crippen LogP contribution is 2.42. The second kappa shape index (κ2) is 12.1. The molecule has 2 aliphatic rings. The summed E-state index contributed by atoms with van der Waals surface area (Å²) in [5.41, 5.74) is 0.803. The summed E-state index contributed by atoms with van der Waals surface area (Å²) >= 11 is 0. The number of carbonyl (C=O) groups excluding carboxylic acids is 1. The van der Waals surface area contributed by atoms with Gasteiger partial charge in [0.15, 0.2) is 23.1 Å². The Morgan fingerprint density at radius 2 is 1.30 bits per heavy atom. The predicted molar refractivity (Wildman–Crippen MR) is 134 cm³/mol. The van der Waals surface area contributed by atoms with Crippen molar-refractivity contribution in [1.82, 2.24) is 0 Å². The van der Waals surface area contributed by atoms with Gasteiger partial charge >= 0.3 is 5.97 Å². The summed E-state index contributed by atoms with van der Waals surface area (Å²) < 4.78 is 68.8. The van der Waals surface area contributed by atoms with Crippen molar-refractivity contribution in [2.45, 2.75) is 77.0 Å². The molecule has 3 nitrogen and oxygen atoms in total. The molecule has 0 spiro atoms. The van der Waals surface area contributed by atoms with Crippen molar-refractivity contribution in [3.05, 3.63) is 70.8 Å². The summed E-state index contributed by atoms with van der Waals surface area (Å²) in [6.07, 6.45) is 9.62. The molecule has 0 N–H and O–H groups in total. The number of carbonyl (C=O) groups is 1. The average molecular weight is 519 g/mol. The third-order valence-electron chi connectivity index (χ3n) is 7.84. The number of benzene rings is 2. The van der Waals surface area contributed by atoms with E-state index in [-0.39, 0.29) is 24.2 Å². The van der Waals surface area contributed by atoms with Gasteiger partial charge < -0.3 is 9.47 Å². The Labute approximate surface area is 215 Å². The van der Waals surface area contributed by atoms with E-state index in [0.717, 1.165) is 25.7 Å². The van der Waals surface area contributed by atoms with Crippen molar-refractivity contribution in [2.24, 2.45) is 11.8 Å². The Morgan fingerprint density at radius 3 is 1.84 bits per heavy atom. The van der Waals surface area contributed by atoms with Crippen LogP contribution >= 0.6 is 0 Å². The molecule has 2 aromatic carbocycles. The van der Waals surface area contributed by atoms with Gasteiger partial charge in [-0.1, -0.05) is 24.3 Å². The van der Waals surface area contributed by atoms with Crippen LogP contribution in [0.5, 0.6) is 11.5 Å². The van der Waals surface area contributed by atoms with Gasteiger partial charge in [0.1, 0.15) is 0 Å². The van der Waals surface area contributed by atoms with Gasteiger partial charge in [-0.3, -0.25) is 4.79 Å². The van der Waals surface area contributed by atoms with E-state index in [1.54, 1.807) is 19.1 Å². The summed E-state index contributed by atoms with van der Waals surface area (Å²) in [6.45, 7) is 3.82. The number of hydrogen-bond acceptors (Lipinski definition) is 3. The standard InChI is InChI=1S/C30H34F4O3/c1-3-5-18-6-8-19(9-7-18)22-14-15-23(27(32)26(22)31)20-10-12-21(13-11-20)30(35)37-25-17-16-24(36-4-2)28(33)29(25)34/h3,5,14-21H,4,6-13H2,1-2H3. The molecule has 0 aliphatic heterocycles. The fraction of sp³-hybridized carbons (Fsp3) is 0.500. The fourth-order valence-corrected chi connectivity index (χ4v) is 5.80. The van der Waals surface area contributed by atoms with Crippen LogP contribution in [0.4, 0.5) is 17.6 Å². The Hall–Kier alpha value is -2.83. The van der Waals surface area contributed by atoms with E-state index < -0.39 is 40.9 Å². The predicted octanol–water partition coefficient (Wildman–Crippen LogP) is 8.37. The lowest BCUT2D eigenvalue weighted by molar-refractivity contribution is -0.140. The van der Waals surface area contributed by atoms with Crippen LogP contribution < -0.4 is 9.47 Å². The van der Waals surface area contributed by atoms with Crippen molar-refractivity contribution >= 4 is 5.97 Å². The third-order valence-corrected chi connectivity index (χ3v) is 7.84. The van der Waals surface area contributed by atoms with Gasteiger partial charge in [0, 0.05) is 0 Å². The molecule has 37 heavy (non-hydrogen) atoms. The summed E-state index contributed by atoms with van der Waals surface area (Å²) in [4.78, 5) is 12.6. The molecule has 0 atom stereocenters. The van der Waals surface area contributed by atoms with Crippen molar-refractivity contribution < 1.29 is 31.8 Å². The van der Waals surface area contributed by atoms with E-state index in [4.69, 9.17) is 9.47 Å². The van der Waals surface area contributed by atoms with E-state index in [2.05, 4.69) is 6.08 Å². The number of ether oxygens (including phenoxy) is 2. The largest absolute Gasteiger partial charge is 0.491 e. The highest BCUT2D eigenvalue weighted by Gasteiger charge is 2.32. The lowest BCUT2D eigenvalue weighted by atomic mass is 9.76. The lowest BCUT2D eigenvalue weighted by Crippen LogP contribution is -2.26. The first-order valence-electron chi connectivity index (χ1n) is 13.3. The zero-order valence-corrected chi connectivity index (χ0v) is 21.4. The quantitative estimate of drug-likeness (QED) is 0.160. The van der Waals surface area contributed by atoms with E-state index >= 15 is 8.78 Å². The maximum atomic E-state index is 15.1. The first kappa shape index (κ1) is 27.2. The summed E-state index contributed by atoms with van der Waals surface area (Å²) in [5.74, 6) is -5.60. The Morgan fingerprint density at radius 1 is 0.784 bits per heavy atom. The molecule has 0 aromatic heterocycles. The molecule has 0 heterocycles. The van der Waals surface area contributed by atoms with Gasteiger partial charge in [-0.25, -0.2) is 8.78 Å². The number of rotatable bonds is 7. The molecule has 0 bridgehead atoms. The van der Waals surface area contributed by atoms with Gasteiger partial charge in [0.25, 0.3) is 0 Å². The van der Waals surface area contributed by atoms with E-state index in [1.165, 1.54) is 12.1 Å². The zero-order chi connectivity index (χ0) is 26.5. The topological polar surface area (TPSA) is 35.5 Å². The Balaban J connectivity index is 1.36. The summed E-state index contributed by atoms with van der Waals surface area (Å²) in [7, 11) is 0. The highest BCUT2D eigenvalue weighted by atomic mass is 19.2. The molecule has 2 aromatic rings. The first-order valence-corrected chi connectivity index (χ1v) is 13.3. The van der Waals surface area contributed by atoms with Crippen molar-refractivity contribution in [3.63, 3.8) is 0 Å². The molecule has 0 unspecified atom stereocenters. The zero-order valence-electron chi connectivity index (χ0n) is 21.4. The van der Waals surface area contributed by atoms with E-state index in [9.17, 15) is 13.6 Å². The second-order valence-corrected chi connectivity index (χ2v) is 10.1. The molecule has 2 fully saturated rings. The number of allylic oxidation sites excluding steroid dienone is 2. The Kier molecular flexibility index (Phi) is 8.93. The van der Waals surface area contributed by atoms with Gasteiger partial charge in [0.2, 0.25) is 11.6 Å². The minimum Gasteiger partial charge on any atom is -0.491 e. The summed E-state index contributed by atoms with van der Waals surface area (Å²) in [5, 5.41) is 0. The van der Waals surface area contributed by atoms with E-state index in [0.29, 0.717) is 42.7 Å². The van der Waals surface area contributed by atoms with Crippen LogP contribution in [0.3, 0.4) is 0 Å². The van der Waals surface area contributed by atoms with Crippen molar-refractivity contribution in [1.29, 1.82) is 0 Å². The molecule has 7 heteroatoms. The molecular weight excluding hydrogens is 484 g/mol. The number of esters is 1. The van der Waals surface area contributed by atoms with Crippen LogP contribution in [-0.4, -0.2) is 12.6 Å². The second-order valence-electron chi connectivity index (χ2n) is 10.1. The number of halogens is 4. The fourth-order valence-electron chi connectivity index (χ4n) is 5.80. The van der Waals surface area contributed by atoms with Crippen molar-refractivity contribution in [3.8, 4) is 11.5 Å². The third kappa shape index (κ3) is 6.02. The van der Waals surface area contributed by atoms with Crippen LogP contribution in [0.15, 0.2) is 36.4 Å². The van der Waals surface area contributed by atoms with Crippen LogP contribution in [0.25, 0.3) is 0 Å². The van der Waals surface area contributed by atoms with Crippen molar-refractivity contribution in [2.75, 3.05) is 6.61 Å². The smallest absolute Gasteiger partial charge is 0.314 e.